The molecular formula is C23H27ClN2O6. The highest BCUT2D eigenvalue weighted by Gasteiger charge is 2.75. The molecule has 172 valence electrons. The molecule has 2 bridgehead atoms. The minimum absolute atomic E-state index is 0.0402. The Balaban J connectivity index is 1.77. The van der Waals surface area contributed by atoms with Gasteiger partial charge in [0.25, 0.3) is 5.91 Å². The molecule has 3 saturated heterocycles. The van der Waals surface area contributed by atoms with Gasteiger partial charge in [-0.1, -0.05) is 29.8 Å². The standard InChI is InChI=1S/C23H27ClN2O6/c1-3-11-25(15-8-6-5-7-14(15)24)21(29)19-23-10-9-16(32-23)17(22(30)31-4-2)18(23)20(28)26(19)12-13-27/h3,5-8,16-19,27H,1,4,9-13H2,2H3/t16-,17+,18-,19?,23?/m0/s1. The molecule has 2 unspecified atom stereocenters. The Kier molecular flexibility index (Phi) is 6.29. The number of esters is 1. The van der Waals surface area contributed by atoms with Crippen LogP contribution in [0.2, 0.25) is 5.02 Å². The Bertz CT molecular complexity index is 939. The first-order valence-electron chi connectivity index (χ1n) is 10.8. The normalized spacial score (nSPS) is 30.3. The van der Waals surface area contributed by atoms with Crippen LogP contribution in [0.25, 0.3) is 0 Å². The van der Waals surface area contributed by atoms with E-state index >= 15 is 0 Å². The maximum Gasteiger partial charge on any atom is 0.312 e. The molecule has 3 aliphatic heterocycles. The van der Waals surface area contributed by atoms with E-state index in [1.54, 1.807) is 37.3 Å². The summed E-state index contributed by atoms with van der Waals surface area (Å²) in [4.78, 5) is 43.0. The van der Waals surface area contributed by atoms with Crippen molar-refractivity contribution < 1.29 is 29.0 Å². The summed E-state index contributed by atoms with van der Waals surface area (Å²) in [5.41, 5.74) is -0.656. The lowest BCUT2D eigenvalue weighted by molar-refractivity contribution is -0.154. The van der Waals surface area contributed by atoms with Crippen LogP contribution < -0.4 is 4.90 Å². The van der Waals surface area contributed by atoms with Crippen LogP contribution in [0, 0.1) is 11.8 Å². The lowest BCUT2D eigenvalue weighted by Crippen LogP contribution is -2.57. The highest BCUT2D eigenvalue weighted by atomic mass is 35.5. The van der Waals surface area contributed by atoms with Gasteiger partial charge in [-0.25, -0.2) is 0 Å². The summed E-state index contributed by atoms with van der Waals surface area (Å²) in [6.45, 7) is 5.47. The molecule has 5 atom stereocenters. The summed E-state index contributed by atoms with van der Waals surface area (Å²) < 4.78 is 11.5. The second kappa shape index (κ2) is 8.84. The van der Waals surface area contributed by atoms with Gasteiger partial charge < -0.3 is 24.4 Å². The molecule has 8 nitrogen and oxygen atoms in total. The number of aliphatic hydroxyl groups is 1. The third-order valence-corrected chi connectivity index (χ3v) is 6.97. The van der Waals surface area contributed by atoms with Crippen molar-refractivity contribution in [2.45, 2.75) is 37.5 Å². The summed E-state index contributed by atoms with van der Waals surface area (Å²) in [5.74, 6) is -2.81. The average molecular weight is 463 g/mol. The number of halogens is 1. The minimum Gasteiger partial charge on any atom is -0.466 e. The number of amides is 2. The molecule has 1 spiro atoms. The number of carbonyl (C=O) groups is 3. The zero-order valence-corrected chi connectivity index (χ0v) is 18.7. The monoisotopic (exact) mass is 462 g/mol. The molecule has 9 heteroatoms. The Labute approximate surface area is 191 Å². The lowest BCUT2D eigenvalue weighted by atomic mass is 9.70. The SMILES string of the molecule is C=CCN(C(=O)C1N(CCO)C(=O)[C@@H]2[C@H](C(=O)OCC)[C@@H]3CCC12O3)c1ccccc1Cl. The number of fused-ring (bicyclic) bond motifs is 1. The molecule has 3 fully saturated rings. The number of hydrogen-bond donors (Lipinski definition) is 1. The Hall–Kier alpha value is -2.42. The number of likely N-dealkylation sites (tertiary alicyclic amines) is 1. The van der Waals surface area contributed by atoms with Gasteiger partial charge in [-0.05, 0) is 31.9 Å². The summed E-state index contributed by atoms with van der Waals surface area (Å²) in [5, 5.41) is 10.0. The van der Waals surface area contributed by atoms with E-state index < -0.39 is 35.6 Å². The van der Waals surface area contributed by atoms with Gasteiger partial charge in [0, 0.05) is 13.1 Å². The van der Waals surface area contributed by atoms with E-state index in [0.717, 1.165) is 0 Å². The maximum absolute atomic E-state index is 14.0. The van der Waals surface area contributed by atoms with Crippen molar-refractivity contribution in [2.24, 2.45) is 11.8 Å². The largest absolute Gasteiger partial charge is 0.466 e. The van der Waals surface area contributed by atoms with Gasteiger partial charge in [0.15, 0.2) is 0 Å². The van der Waals surface area contributed by atoms with E-state index in [4.69, 9.17) is 21.1 Å². The van der Waals surface area contributed by atoms with Crippen LogP contribution in [0.4, 0.5) is 5.69 Å². The summed E-state index contributed by atoms with van der Waals surface area (Å²) in [7, 11) is 0. The zero-order chi connectivity index (χ0) is 23.0. The van der Waals surface area contributed by atoms with Crippen molar-refractivity contribution in [1.82, 2.24) is 4.90 Å². The number of para-hydroxylation sites is 1. The lowest BCUT2D eigenvalue weighted by Gasteiger charge is -2.36. The Morgan fingerprint density at radius 2 is 2.19 bits per heavy atom. The van der Waals surface area contributed by atoms with E-state index in [2.05, 4.69) is 6.58 Å². The fourth-order valence-corrected chi connectivity index (χ4v) is 5.78. The van der Waals surface area contributed by atoms with E-state index in [9.17, 15) is 19.5 Å². The second-order valence-corrected chi connectivity index (χ2v) is 8.66. The first-order chi connectivity index (χ1) is 15.4. The predicted octanol–water partition coefficient (Wildman–Crippen LogP) is 1.79. The van der Waals surface area contributed by atoms with E-state index in [-0.39, 0.29) is 38.1 Å². The number of rotatable bonds is 8. The third kappa shape index (κ3) is 3.32. The maximum atomic E-state index is 14.0. The summed E-state index contributed by atoms with van der Waals surface area (Å²) in [6, 6.07) is 5.94. The number of hydrogen-bond acceptors (Lipinski definition) is 6. The molecule has 0 aromatic heterocycles. The predicted molar refractivity (Wildman–Crippen MR) is 117 cm³/mol. The minimum atomic E-state index is -1.15. The molecule has 3 aliphatic rings. The summed E-state index contributed by atoms with van der Waals surface area (Å²) >= 11 is 6.38. The van der Waals surface area contributed by atoms with Crippen molar-refractivity contribution >= 4 is 35.1 Å². The second-order valence-electron chi connectivity index (χ2n) is 8.25. The number of benzene rings is 1. The molecule has 1 aromatic rings. The van der Waals surface area contributed by atoms with Gasteiger partial charge in [-0.2, -0.15) is 0 Å². The van der Waals surface area contributed by atoms with Crippen LogP contribution in [-0.2, 0) is 23.9 Å². The van der Waals surface area contributed by atoms with Crippen LogP contribution in [-0.4, -0.2) is 71.8 Å². The fraction of sp³-hybridized carbons (Fsp3) is 0.522. The summed E-state index contributed by atoms with van der Waals surface area (Å²) in [6.07, 6.45) is 2.13. The Morgan fingerprint density at radius 3 is 2.84 bits per heavy atom. The van der Waals surface area contributed by atoms with E-state index in [1.807, 2.05) is 0 Å². The fourth-order valence-electron chi connectivity index (χ4n) is 5.54. The van der Waals surface area contributed by atoms with Gasteiger partial charge in [0.05, 0.1) is 41.9 Å². The molecular weight excluding hydrogens is 436 g/mol. The van der Waals surface area contributed by atoms with Crippen LogP contribution in [0.5, 0.6) is 0 Å². The Morgan fingerprint density at radius 1 is 1.44 bits per heavy atom. The molecule has 0 aliphatic carbocycles. The first kappa shape index (κ1) is 22.8. The van der Waals surface area contributed by atoms with Gasteiger partial charge in [-0.3, -0.25) is 14.4 Å². The van der Waals surface area contributed by atoms with Crippen molar-refractivity contribution in [1.29, 1.82) is 0 Å². The number of β-amino-alcohol motifs (C(OH)–C–C–N with tert-alkyl or cyclic N) is 1. The van der Waals surface area contributed by atoms with Crippen LogP contribution in [0.1, 0.15) is 19.8 Å². The number of nitrogens with zero attached hydrogens (tertiary/aromatic N) is 2. The number of anilines is 1. The third-order valence-electron chi connectivity index (χ3n) is 6.65. The topological polar surface area (TPSA) is 96.4 Å². The van der Waals surface area contributed by atoms with Crippen LogP contribution >= 0.6 is 11.6 Å². The smallest absolute Gasteiger partial charge is 0.312 e. The molecule has 2 amide bonds. The van der Waals surface area contributed by atoms with Crippen molar-refractivity contribution in [3.05, 3.63) is 41.9 Å². The van der Waals surface area contributed by atoms with Crippen LogP contribution in [0.3, 0.4) is 0 Å². The highest BCUT2D eigenvalue weighted by molar-refractivity contribution is 6.34. The molecule has 1 N–H and O–H groups in total. The van der Waals surface area contributed by atoms with Gasteiger partial charge >= 0.3 is 5.97 Å². The molecule has 1 aromatic carbocycles. The molecule has 4 rings (SSSR count). The van der Waals surface area contributed by atoms with Crippen LogP contribution in [0.15, 0.2) is 36.9 Å². The van der Waals surface area contributed by atoms with Crippen molar-refractivity contribution in [3.8, 4) is 0 Å². The quantitative estimate of drug-likeness (QED) is 0.467. The van der Waals surface area contributed by atoms with Crippen molar-refractivity contribution in [3.63, 3.8) is 0 Å². The highest BCUT2D eigenvalue weighted by Crippen LogP contribution is 2.58. The van der Waals surface area contributed by atoms with E-state index in [0.29, 0.717) is 23.6 Å². The number of aliphatic hydroxyl groups excluding tert-OH is 1. The van der Waals surface area contributed by atoms with E-state index in [1.165, 1.54) is 9.80 Å². The number of carbonyl (C=O) groups excluding carboxylic acids is 3. The average Bonchev–Trinajstić information content (AvgIpc) is 3.41. The van der Waals surface area contributed by atoms with Crippen molar-refractivity contribution in [2.75, 3.05) is 31.2 Å². The number of ether oxygens (including phenoxy) is 2. The van der Waals surface area contributed by atoms with Gasteiger partial charge in [0.1, 0.15) is 11.6 Å². The van der Waals surface area contributed by atoms with Gasteiger partial charge in [-0.15, -0.1) is 6.58 Å². The molecule has 0 radical (unpaired) electrons. The first-order valence-corrected chi connectivity index (χ1v) is 11.2. The molecule has 3 heterocycles. The molecule has 32 heavy (non-hydrogen) atoms. The zero-order valence-electron chi connectivity index (χ0n) is 17.9. The molecule has 0 saturated carbocycles. The van der Waals surface area contributed by atoms with Gasteiger partial charge in [0.2, 0.25) is 5.91 Å².